The second-order valence-electron chi connectivity index (χ2n) is 8.30. The highest BCUT2D eigenvalue weighted by Crippen LogP contribution is 2.42. The normalized spacial score (nSPS) is 20.4. The van der Waals surface area contributed by atoms with Gasteiger partial charge in [0.05, 0.1) is 11.5 Å². The van der Waals surface area contributed by atoms with Crippen LogP contribution in [0.25, 0.3) is 10.8 Å². The number of fused-ring (bicyclic) bond motifs is 1. The number of benzene rings is 2. The molecule has 1 saturated heterocycles. The number of rotatable bonds is 3. The molecule has 1 aliphatic carbocycles. The first-order valence-electron chi connectivity index (χ1n) is 10.5. The standard InChI is InChI=1S/C23H28N2O4/c26-21(24-12-14-25(15-13-24)22(27)28)20(23(29)10-4-1-5-11-23)19-9-8-17-6-2-3-7-18(17)16-19/h2-3,6-9,16,20,29H,1,4-5,10-15H2,(H,27,28). The molecule has 1 saturated carbocycles. The zero-order valence-corrected chi connectivity index (χ0v) is 16.6. The first-order chi connectivity index (χ1) is 14.0. The molecule has 6 heteroatoms. The SMILES string of the molecule is O=C(O)N1CCN(C(=O)C(c2ccc3ccccc3c2)C2(O)CCCCC2)CC1. The lowest BCUT2D eigenvalue weighted by Gasteiger charge is -2.42. The van der Waals surface area contributed by atoms with Crippen LogP contribution in [0.15, 0.2) is 42.5 Å². The van der Waals surface area contributed by atoms with Gasteiger partial charge in [-0.15, -0.1) is 0 Å². The Kier molecular flexibility index (Phi) is 5.46. The van der Waals surface area contributed by atoms with Crippen LogP contribution in [-0.2, 0) is 4.79 Å². The van der Waals surface area contributed by atoms with Crippen LogP contribution in [-0.4, -0.2) is 63.8 Å². The van der Waals surface area contributed by atoms with E-state index in [1.807, 2.05) is 42.5 Å². The molecule has 1 atom stereocenters. The second-order valence-corrected chi connectivity index (χ2v) is 8.30. The van der Waals surface area contributed by atoms with Crippen molar-refractivity contribution in [2.24, 2.45) is 0 Å². The molecular weight excluding hydrogens is 368 g/mol. The molecule has 1 aliphatic heterocycles. The van der Waals surface area contributed by atoms with Crippen LogP contribution in [0.4, 0.5) is 4.79 Å². The summed E-state index contributed by atoms with van der Waals surface area (Å²) in [5, 5.41) is 22.9. The largest absolute Gasteiger partial charge is 0.465 e. The van der Waals surface area contributed by atoms with Crippen molar-refractivity contribution in [3.8, 4) is 0 Å². The molecule has 2 aromatic rings. The number of hydrogen-bond acceptors (Lipinski definition) is 3. The van der Waals surface area contributed by atoms with Gasteiger partial charge in [0, 0.05) is 26.2 Å². The number of nitrogens with zero attached hydrogens (tertiary/aromatic N) is 2. The van der Waals surface area contributed by atoms with Crippen LogP contribution in [0, 0.1) is 0 Å². The minimum absolute atomic E-state index is 0.0882. The van der Waals surface area contributed by atoms with Gasteiger partial charge in [-0.1, -0.05) is 61.7 Å². The second kappa shape index (κ2) is 8.03. The summed E-state index contributed by atoms with van der Waals surface area (Å²) in [6.45, 7) is 1.35. The summed E-state index contributed by atoms with van der Waals surface area (Å²) in [6.07, 6.45) is 3.20. The predicted octanol–water partition coefficient (Wildman–Crippen LogP) is 3.44. The van der Waals surface area contributed by atoms with Crippen LogP contribution >= 0.6 is 0 Å². The Hall–Kier alpha value is -2.60. The summed E-state index contributed by atoms with van der Waals surface area (Å²) >= 11 is 0. The molecule has 2 fully saturated rings. The zero-order chi connectivity index (χ0) is 20.4. The minimum atomic E-state index is -1.05. The van der Waals surface area contributed by atoms with Crippen molar-refractivity contribution in [2.45, 2.75) is 43.6 Å². The topological polar surface area (TPSA) is 81.1 Å². The first-order valence-corrected chi connectivity index (χ1v) is 10.5. The molecule has 0 radical (unpaired) electrons. The molecule has 1 unspecified atom stereocenters. The Labute approximate surface area is 170 Å². The van der Waals surface area contributed by atoms with Crippen LogP contribution in [0.2, 0.25) is 0 Å². The molecule has 2 N–H and O–H groups in total. The van der Waals surface area contributed by atoms with Crippen molar-refractivity contribution in [2.75, 3.05) is 26.2 Å². The molecule has 2 aromatic carbocycles. The van der Waals surface area contributed by atoms with Gasteiger partial charge in [-0.05, 0) is 29.2 Å². The van der Waals surface area contributed by atoms with E-state index in [0.717, 1.165) is 35.6 Å². The van der Waals surface area contributed by atoms with Gasteiger partial charge < -0.3 is 20.0 Å². The maximum atomic E-state index is 13.6. The molecule has 0 spiro atoms. The fourth-order valence-corrected chi connectivity index (χ4v) is 4.82. The molecule has 1 heterocycles. The molecule has 2 amide bonds. The Morgan fingerprint density at radius 2 is 1.48 bits per heavy atom. The van der Waals surface area contributed by atoms with E-state index in [2.05, 4.69) is 0 Å². The van der Waals surface area contributed by atoms with E-state index in [1.54, 1.807) is 4.90 Å². The predicted molar refractivity (Wildman–Crippen MR) is 111 cm³/mol. The number of carbonyl (C=O) groups is 2. The smallest absolute Gasteiger partial charge is 0.407 e. The maximum Gasteiger partial charge on any atom is 0.407 e. The molecule has 154 valence electrons. The highest BCUT2D eigenvalue weighted by Gasteiger charge is 2.45. The number of carboxylic acid groups (broad SMARTS) is 1. The monoisotopic (exact) mass is 396 g/mol. The Balaban J connectivity index is 1.66. The Morgan fingerprint density at radius 1 is 0.862 bits per heavy atom. The minimum Gasteiger partial charge on any atom is -0.465 e. The summed E-state index contributed by atoms with van der Waals surface area (Å²) in [4.78, 5) is 27.9. The molecular formula is C23H28N2O4. The third-order valence-corrected chi connectivity index (χ3v) is 6.47. The number of amides is 2. The van der Waals surface area contributed by atoms with Gasteiger partial charge in [-0.25, -0.2) is 4.79 Å². The quantitative estimate of drug-likeness (QED) is 0.833. The van der Waals surface area contributed by atoms with Gasteiger partial charge in [0.25, 0.3) is 0 Å². The van der Waals surface area contributed by atoms with Gasteiger partial charge in [0.2, 0.25) is 5.91 Å². The van der Waals surface area contributed by atoms with E-state index in [9.17, 15) is 19.8 Å². The third-order valence-electron chi connectivity index (χ3n) is 6.47. The molecule has 6 nitrogen and oxygen atoms in total. The fraction of sp³-hybridized carbons (Fsp3) is 0.478. The summed E-state index contributed by atoms with van der Waals surface area (Å²) in [5.41, 5.74) is -0.208. The molecule has 4 rings (SSSR count). The average Bonchev–Trinajstić information content (AvgIpc) is 2.74. The maximum absolute atomic E-state index is 13.6. The van der Waals surface area contributed by atoms with E-state index in [1.165, 1.54) is 4.90 Å². The average molecular weight is 396 g/mol. The Morgan fingerprint density at radius 3 is 2.14 bits per heavy atom. The fourth-order valence-electron chi connectivity index (χ4n) is 4.82. The van der Waals surface area contributed by atoms with E-state index in [0.29, 0.717) is 39.0 Å². The van der Waals surface area contributed by atoms with Gasteiger partial charge in [0.15, 0.2) is 0 Å². The lowest BCUT2D eigenvalue weighted by atomic mass is 9.72. The van der Waals surface area contributed by atoms with Crippen molar-refractivity contribution in [1.82, 2.24) is 9.80 Å². The van der Waals surface area contributed by atoms with Crippen molar-refractivity contribution in [3.63, 3.8) is 0 Å². The molecule has 0 bridgehead atoms. The van der Waals surface area contributed by atoms with E-state index < -0.39 is 17.6 Å². The zero-order valence-electron chi connectivity index (χ0n) is 16.6. The first kappa shape index (κ1) is 19.7. The van der Waals surface area contributed by atoms with Crippen molar-refractivity contribution in [1.29, 1.82) is 0 Å². The summed E-state index contributed by atoms with van der Waals surface area (Å²) in [5.74, 6) is -0.710. The lowest BCUT2D eigenvalue weighted by molar-refractivity contribution is -0.143. The van der Waals surface area contributed by atoms with Gasteiger partial charge >= 0.3 is 6.09 Å². The summed E-state index contributed by atoms with van der Waals surface area (Å²) in [6, 6.07) is 14.0. The van der Waals surface area contributed by atoms with E-state index in [4.69, 9.17) is 0 Å². The van der Waals surface area contributed by atoms with Crippen molar-refractivity contribution >= 4 is 22.8 Å². The van der Waals surface area contributed by atoms with Crippen LogP contribution in [0.3, 0.4) is 0 Å². The number of hydrogen-bond donors (Lipinski definition) is 2. The number of piperazine rings is 1. The Bertz CT molecular complexity index is 899. The molecule has 29 heavy (non-hydrogen) atoms. The van der Waals surface area contributed by atoms with Gasteiger partial charge in [-0.2, -0.15) is 0 Å². The van der Waals surface area contributed by atoms with Crippen LogP contribution in [0.1, 0.15) is 43.6 Å². The summed E-state index contributed by atoms with van der Waals surface area (Å²) in [7, 11) is 0. The number of carbonyl (C=O) groups excluding carboxylic acids is 1. The lowest BCUT2D eigenvalue weighted by Crippen LogP contribution is -2.54. The van der Waals surface area contributed by atoms with Crippen molar-refractivity contribution in [3.05, 3.63) is 48.0 Å². The highest BCUT2D eigenvalue weighted by molar-refractivity contribution is 5.89. The number of aliphatic hydroxyl groups is 1. The van der Waals surface area contributed by atoms with Crippen LogP contribution < -0.4 is 0 Å². The highest BCUT2D eigenvalue weighted by atomic mass is 16.4. The van der Waals surface area contributed by atoms with Gasteiger partial charge in [-0.3, -0.25) is 4.79 Å². The third kappa shape index (κ3) is 3.94. The molecule has 2 aliphatic rings. The van der Waals surface area contributed by atoms with Crippen LogP contribution in [0.5, 0.6) is 0 Å². The molecule has 0 aromatic heterocycles. The van der Waals surface area contributed by atoms with Gasteiger partial charge in [0.1, 0.15) is 0 Å². The van der Waals surface area contributed by atoms with E-state index in [-0.39, 0.29) is 5.91 Å². The van der Waals surface area contributed by atoms with Crippen molar-refractivity contribution < 1.29 is 19.8 Å². The van der Waals surface area contributed by atoms with E-state index >= 15 is 0 Å². The summed E-state index contributed by atoms with van der Waals surface area (Å²) < 4.78 is 0.